The number of hydrogen-bond donors (Lipinski definition) is 2. The fourth-order valence-electron chi connectivity index (χ4n) is 5.17. The van der Waals surface area contributed by atoms with Crippen molar-refractivity contribution in [3.63, 3.8) is 0 Å². The number of ether oxygens (including phenoxy) is 1. The average molecular weight is 558 g/mol. The maximum absolute atomic E-state index is 14.4. The summed E-state index contributed by atoms with van der Waals surface area (Å²) in [6.07, 6.45) is 2.37. The van der Waals surface area contributed by atoms with Crippen LogP contribution in [0.4, 0.5) is 10.5 Å². The predicted octanol–water partition coefficient (Wildman–Crippen LogP) is 7.15. The Labute approximate surface area is 243 Å². The van der Waals surface area contributed by atoms with Crippen molar-refractivity contribution in [2.75, 3.05) is 5.32 Å². The lowest BCUT2D eigenvalue weighted by Gasteiger charge is -2.43. The van der Waals surface area contributed by atoms with Gasteiger partial charge in [-0.25, -0.2) is 4.79 Å². The van der Waals surface area contributed by atoms with Gasteiger partial charge in [0, 0.05) is 11.7 Å². The van der Waals surface area contributed by atoms with Crippen molar-refractivity contribution in [1.29, 1.82) is 0 Å². The molecule has 0 heterocycles. The second-order valence-corrected chi connectivity index (χ2v) is 12.5. The number of rotatable bonds is 9. The minimum absolute atomic E-state index is 0.105. The van der Waals surface area contributed by atoms with Crippen LogP contribution in [-0.2, 0) is 14.3 Å². The number of anilines is 1. The first kappa shape index (κ1) is 30.1. The number of nitrogens with zero attached hydrogens (tertiary/aromatic N) is 1. The first-order chi connectivity index (χ1) is 19.4. The number of aryl methyl sites for hydroxylation is 1. The Morgan fingerprint density at radius 3 is 2.20 bits per heavy atom. The van der Waals surface area contributed by atoms with E-state index in [1.807, 2.05) is 87.5 Å². The molecule has 0 saturated heterocycles. The highest BCUT2D eigenvalue weighted by Crippen LogP contribution is 2.35. The molecule has 0 aliphatic heterocycles. The predicted molar refractivity (Wildman–Crippen MR) is 164 cm³/mol. The SMILES string of the molecule is Cc1ccc(C(C(=O)Nc2ccc3ccccc3c2)N(C(=O)C(CC(C)C)NC(=O)OC(C)(C)C)C2CCC2)cc1. The van der Waals surface area contributed by atoms with Gasteiger partial charge in [0.05, 0.1) is 0 Å². The largest absolute Gasteiger partial charge is 0.444 e. The molecule has 1 aliphatic carbocycles. The van der Waals surface area contributed by atoms with Crippen molar-refractivity contribution in [2.45, 2.75) is 91.0 Å². The molecule has 218 valence electrons. The molecule has 3 aromatic rings. The molecule has 0 spiro atoms. The van der Waals surface area contributed by atoms with Crippen molar-refractivity contribution in [3.05, 3.63) is 77.9 Å². The van der Waals surface area contributed by atoms with Crippen LogP contribution in [0.5, 0.6) is 0 Å². The summed E-state index contributed by atoms with van der Waals surface area (Å²) in [5.41, 5.74) is 1.76. The lowest BCUT2D eigenvalue weighted by molar-refractivity contribution is -0.146. The third-order valence-electron chi connectivity index (χ3n) is 7.36. The van der Waals surface area contributed by atoms with E-state index in [2.05, 4.69) is 10.6 Å². The summed E-state index contributed by atoms with van der Waals surface area (Å²) >= 11 is 0. The lowest BCUT2D eigenvalue weighted by atomic mass is 9.87. The topological polar surface area (TPSA) is 87.7 Å². The van der Waals surface area contributed by atoms with Crippen LogP contribution in [0.3, 0.4) is 0 Å². The van der Waals surface area contributed by atoms with Gasteiger partial charge in [0.2, 0.25) is 5.91 Å². The summed E-state index contributed by atoms with van der Waals surface area (Å²) in [6.45, 7) is 11.4. The third kappa shape index (κ3) is 7.87. The second-order valence-electron chi connectivity index (χ2n) is 12.5. The number of carbonyl (C=O) groups is 3. The van der Waals surface area contributed by atoms with Crippen LogP contribution in [0, 0.1) is 12.8 Å². The number of alkyl carbamates (subject to hydrolysis) is 1. The molecule has 7 nitrogen and oxygen atoms in total. The van der Waals surface area contributed by atoms with E-state index in [9.17, 15) is 14.4 Å². The van der Waals surface area contributed by atoms with Gasteiger partial charge in [-0.3, -0.25) is 9.59 Å². The summed E-state index contributed by atoms with van der Waals surface area (Å²) < 4.78 is 5.50. The normalized spacial score (nSPS) is 15.1. The quantitative estimate of drug-likeness (QED) is 0.293. The molecule has 2 N–H and O–H groups in total. The van der Waals surface area contributed by atoms with E-state index in [1.165, 1.54) is 0 Å². The summed E-state index contributed by atoms with van der Waals surface area (Å²) in [5.74, 6) is -0.426. The Morgan fingerprint density at radius 2 is 1.61 bits per heavy atom. The zero-order valence-corrected chi connectivity index (χ0v) is 25.1. The van der Waals surface area contributed by atoms with Gasteiger partial charge >= 0.3 is 6.09 Å². The van der Waals surface area contributed by atoms with E-state index in [0.29, 0.717) is 12.1 Å². The monoisotopic (exact) mass is 557 g/mol. The Kier molecular flexibility index (Phi) is 9.36. The number of fused-ring (bicyclic) bond motifs is 1. The second kappa shape index (κ2) is 12.8. The summed E-state index contributed by atoms with van der Waals surface area (Å²) in [4.78, 5) is 43.1. The van der Waals surface area contributed by atoms with Crippen LogP contribution in [0.1, 0.15) is 77.5 Å². The lowest BCUT2D eigenvalue weighted by Crippen LogP contribution is -2.57. The van der Waals surface area contributed by atoms with Crippen LogP contribution < -0.4 is 10.6 Å². The molecule has 3 aromatic carbocycles. The fourth-order valence-corrected chi connectivity index (χ4v) is 5.17. The van der Waals surface area contributed by atoms with E-state index in [1.54, 1.807) is 25.7 Å². The van der Waals surface area contributed by atoms with E-state index >= 15 is 0 Å². The van der Waals surface area contributed by atoms with E-state index < -0.39 is 23.8 Å². The van der Waals surface area contributed by atoms with Crippen LogP contribution >= 0.6 is 0 Å². The van der Waals surface area contributed by atoms with Gasteiger partial charge in [0.15, 0.2) is 0 Å². The van der Waals surface area contributed by atoms with Gasteiger partial charge in [-0.1, -0.05) is 74.0 Å². The van der Waals surface area contributed by atoms with Crippen molar-refractivity contribution >= 4 is 34.4 Å². The van der Waals surface area contributed by atoms with Crippen LogP contribution in [0.15, 0.2) is 66.7 Å². The highest BCUT2D eigenvalue weighted by molar-refractivity contribution is 6.00. The first-order valence-electron chi connectivity index (χ1n) is 14.6. The molecule has 1 fully saturated rings. The molecule has 0 radical (unpaired) electrons. The molecule has 41 heavy (non-hydrogen) atoms. The maximum atomic E-state index is 14.4. The Bertz CT molecular complexity index is 1370. The van der Waals surface area contributed by atoms with Crippen molar-refractivity contribution in [3.8, 4) is 0 Å². The molecule has 1 aliphatic rings. The average Bonchev–Trinajstić information content (AvgIpc) is 2.86. The number of hydrogen-bond acceptors (Lipinski definition) is 4. The molecule has 3 amide bonds. The molecule has 2 atom stereocenters. The fraction of sp³-hybridized carbons (Fsp3) is 0.441. The Balaban J connectivity index is 1.71. The van der Waals surface area contributed by atoms with Gasteiger partial charge in [0.25, 0.3) is 5.91 Å². The highest BCUT2D eigenvalue weighted by Gasteiger charge is 2.42. The zero-order chi connectivity index (χ0) is 29.7. The summed E-state index contributed by atoms with van der Waals surface area (Å²) in [6, 6.07) is 19.7. The Hall–Kier alpha value is -3.87. The summed E-state index contributed by atoms with van der Waals surface area (Å²) in [7, 11) is 0. The zero-order valence-electron chi connectivity index (χ0n) is 25.1. The number of nitrogens with one attached hydrogen (secondary N) is 2. The molecule has 2 unspecified atom stereocenters. The van der Waals surface area contributed by atoms with Crippen molar-refractivity contribution < 1.29 is 19.1 Å². The van der Waals surface area contributed by atoms with Crippen molar-refractivity contribution in [2.24, 2.45) is 5.92 Å². The minimum atomic E-state index is -0.866. The molecule has 0 bridgehead atoms. The molecular weight excluding hydrogens is 514 g/mol. The number of carbonyl (C=O) groups excluding carboxylic acids is 3. The third-order valence-corrected chi connectivity index (χ3v) is 7.36. The van der Waals surface area contributed by atoms with E-state index in [4.69, 9.17) is 4.74 Å². The van der Waals surface area contributed by atoms with Crippen LogP contribution in [0.2, 0.25) is 0 Å². The molecule has 4 rings (SSSR count). The number of amides is 3. The Morgan fingerprint density at radius 1 is 0.951 bits per heavy atom. The molecule has 0 aromatic heterocycles. The molecule has 7 heteroatoms. The number of benzene rings is 3. The van der Waals surface area contributed by atoms with Gasteiger partial charge in [0.1, 0.15) is 17.7 Å². The van der Waals surface area contributed by atoms with E-state index in [0.717, 1.165) is 41.2 Å². The molecular formula is C34H43N3O4. The smallest absolute Gasteiger partial charge is 0.408 e. The van der Waals surface area contributed by atoms with E-state index in [-0.39, 0.29) is 23.8 Å². The molecule has 1 saturated carbocycles. The van der Waals surface area contributed by atoms with Gasteiger partial charge < -0.3 is 20.3 Å². The summed E-state index contributed by atoms with van der Waals surface area (Å²) in [5, 5.41) is 8.02. The van der Waals surface area contributed by atoms with Crippen LogP contribution in [0.25, 0.3) is 10.8 Å². The van der Waals surface area contributed by atoms with Gasteiger partial charge in [-0.15, -0.1) is 0 Å². The standard InChI is InChI=1S/C34H43N3O4/c1-22(2)20-29(36-33(40)41-34(4,5)6)32(39)37(28-12-9-13-28)30(25-16-14-23(3)15-17-25)31(38)35-27-19-18-24-10-7-8-11-26(24)21-27/h7-8,10-11,14-19,21-22,28-30H,9,12-13,20H2,1-6H3,(H,35,38)(H,36,40). The van der Waals surface area contributed by atoms with Gasteiger partial charge in [-0.05, 0) is 87.8 Å². The van der Waals surface area contributed by atoms with Gasteiger partial charge in [-0.2, -0.15) is 0 Å². The maximum Gasteiger partial charge on any atom is 0.408 e. The van der Waals surface area contributed by atoms with Crippen molar-refractivity contribution in [1.82, 2.24) is 10.2 Å². The highest BCUT2D eigenvalue weighted by atomic mass is 16.6. The minimum Gasteiger partial charge on any atom is -0.444 e. The first-order valence-corrected chi connectivity index (χ1v) is 14.6. The van der Waals surface area contributed by atoms with Crippen LogP contribution in [-0.4, -0.2) is 40.5 Å².